The average molecular weight is 507 g/mol. The maximum Gasteiger partial charge on any atom is 0.171 e. The predicted octanol–water partition coefficient (Wildman–Crippen LogP) is 6.24. The number of aliphatic hydroxyl groups excluding tert-OH is 1. The summed E-state index contributed by atoms with van der Waals surface area (Å²) in [4.78, 5) is 0. The fourth-order valence-electron chi connectivity index (χ4n) is 10.5. The van der Waals surface area contributed by atoms with Gasteiger partial charge < -0.3 is 19.7 Å². The van der Waals surface area contributed by atoms with Crippen molar-refractivity contribution in [3.05, 3.63) is 41.5 Å². The summed E-state index contributed by atoms with van der Waals surface area (Å²) in [6.45, 7) is 14.5. The van der Waals surface area contributed by atoms with Crippen molar-refractivity contribution in [3.63, 3.8) is 0 Å². The number of aliphatic hydroxyl groups is 2. The fourth-order valence-corrected chi connectivity index (χ4v) is 10.5. The summed E-state index contributed by atoms with van der Waals surface area (Å²) in [5.41, 5.74) is 4.20. The minimum atomic E-state index is -0.798. The zero-order valence-corrected chi connectivity index (χ0v) is 23.3. The minimum Gasteiger partial charge on any atom is -0.393 e. The number of allylic oxidation sites excluding steroid dienone is 1. The van der Waals surface area contributed by atoms with Crippen LogP contribution in [0.4, 0.5) is 0 Å². The van der Waals surface area contributed by atoms with E-state index in [1.807, 2.05) is 0 Å². The van der Waals surface area contributed by atoms with Gasteiger partial charge in [0.15, 0.2) is 5.79 Å². The smallest absolute Gasteiger partial charge is 0.171 e. The Hall–Kier alpha value is -1.20. The fraction of sp³-hybridized carbons (Fsp3) is 0.758. The van der Waals surface area contributed by atoms with Gasteiger partial charge in [0.2, 0.25) is 0 Å². The lowest BCUT2D eigenvalue weighted by molar-refractivity contribution is -0.357. The highest BCUT2D eigenvalue weighted by molar-refractivity contribution is 5.63. The SMILES string of the molecule is C=C(C)c1ccc2c(c1)C[C@]13CCC4(C[C@]1(O)CC[C@@H]1C3C2C[C@]2(C)[C@@H](O)CC[C@@H]12)OCC(C)(C)CO4. The third-order valence-corrected chi connectivity index (χ3v) is 12.4. The molecule has 6 aliphatic rings. The van der Waals surface area contributed by atoms with Crippen molar-refractivity contribution < 1.29 is 19.7 Å². The van der Waals surface area contributed by atoms with E-state index in [4.69, 9.17) is 9.47 Å². The van der Waals surface area contributed by atoms with Crippen LogP contribution in [-0.2, 0) is 15.9 Å². The highest BCUT2D eigenvalue weighted by atomic mass is 16.7. The molecule has 1 aromatic carbocycles. The van der Waals surface area contributed by atoms with Gasteiger partial charge in [0.25, 0.3) is 0 Å². The maximum absolute atomic E-state index is 12.8. The molecular formula is C33H46O4. The number of hydrogen-bond acceptors (Lipinski definition) is 4. The van der Waals surface area contributed by atoms with Gasteiger partial charge in [-0.2, -0.15) is 0 Å². The summed E-state index contributed by atoms with van der Waals surface area (Å²) in [6.07, 6.45) is 8.08. The predicted molar refractivity (Wildman–Crippen MR) is 145 cm³/mol. The molecule has 1 aromatic rings. The normalized spacial score (nSPS) is 46.9. The van der Waals surface area contributed by atoms with Crippen LogP contribution < -0.4 is 0 Å². The molecule has 4 heteroatoms. The van der Waals surface area contributed by atoms with Crippen LogP contribution in [0, 0.1) is 34.0 Å². The second kappa shape index (κ2) is 7.71. The van der Waals surface area contributed by atoms with Crippen LogP contribution in [-0.4, -0.2) is 40.9 Å². The van der Waals surface area contributed by atoms with Gasteiger partial charge in [0.1, 0.15) is 0 Å². The van der Waals surface area contributed by atoms with E-state index < -0.39 is 11.4 Å². The molecule has 2 unspecified atom stereocenters. The average Bonchev–Trinajstić information content (AvgIpc) is 3.15. The molecule has 1 aliphatic heterocycles. The Morgan fingerprint density at radius 3 is 2.51 bits per heavy atom. The standard InChI is InChI=1S/C33H46O4/c1-20(2)21-6-7-23-22(14-21)15-31-12-13-33(36-18-29(3,4)19-37-33)17-32(31,35)11-10-24-26-8-9-27(34)30(26,5)16-25(23)28(24)31/h6-7,14,24-28,34-35H,1,8-13,15-19H2,2-5H3/t24-,25?,26-,27-,28?,30-,31-,32+/m0/s1. The summed E-state index contributed by atoms with van der Waals surface area (Å²) >= 11 is 0. The maximum atomic E-state index is 12.8. The van der Waals surface area contributed by atoms with Gasteiger partial charge in [-0.3, -0.25) is 0 Å². The second-order valence-corrected chi connectivity index (χ2v) is 15.1. The summed E-state index contributed by atoms with van der Waals surface area (Å²) in [6, 6.07) is 6.99. The van der Waals surface area contributed by atoms with E-state index in [-0.39, 0.29) is 22.3 Å². The monoisotopic (exact) mass is 506 g/mol. The molecule has 7 rings (SSSR count). The second-order valence-electron chi connectivity index (χ2n) is 15.1. The topological polar surface area (TPSA) is 58.9 Å². The van der Waals surface area contributed by atoms with Gasteiger partial charge in [-0.25, -0.2) is 0 Å². The van der Waals surface area contributed by atoms with E-state index in [2.05, 4.69) is 52.5 Å². The lowest BCUT2D eigenvalue weighted by Gasteiger charge is -2.70. The molecule has 5 fully saturated rings. The van der Waals surface area contributed by atoms with Gasteiger partial charge in [0.05, 0.1) is 24.9 Å². The van der Waals surface area contributed by atoms with Gasteiger partial charge in [-0.1, -0.05) is 51.1 Å². The Morgan fingerprint density at radius 2 is 1.78 bits per heavy atom. The molecule has 2 spiro atoms. The third-order valence-electron chi connectivity index (χ3n) is 12.4. The first kappa shape index (κ1) is 24.8. The molecule has 1 saturated heterocycles. The Labute approximate surface area is 222 Å². The molecule has 4 nitrogen and oxygen atoms in total. The van der Waals surface area contributed by atoms with Crippen molar-refractivity contribution >= 4 is 5.57 Å². The largest absolute Gasteiger partial charge is 0.393 e. The van der Waals surface area contributed by atoms with E-state index in [0.717, 1.165) is 56.9 Å². The molecule has 4 saturated carbocycles. The van der Waals surface area contributed by atoms with Gasteiger partial charge in [-0.15, -0.1) is 0 Å². The van der Waals surface area contributed by atoms with Crippen LogP contribution in [0.25, 0.3) is 5.57 Å². The van der Waals surface area contributed by atoms with Crippen molar-refractivity contribution in [3.8, 4) is 0 Å². The van der Waals surface area contributed by atoms with Crippen molar-refractivity contribution in [2.45, 2.75) is 109 Å². The Kier molecular flexibility index (Phi) is 5.17. The number of benzene rings is 1. The first-order chi connectivity index (χ1) is 17.4. The van der Waals surface area contributed by atoms with E-state index in [1.54, 1.807) is 0 Å². The number of hydrogen-bond donors (Lipinski definition) is 2. The minimum absolute atomic E-state index is 0.0195. The Bertz CT molecular complexity index is 1130. The van der Waals surface area contributed by atoms with E-state index in [1.165, 1.54) is 16.7 Å². The molecule has 37 heavy (non-hydrogen) atoms. The summed E-state index contributed by atoms with van der Waals surface area (Å²) in [5.74, 6) is 1.31. The Morgan fingerprint density at radius 1 is 1.03 bits per heavy atom. The number of rotatable bonds is 1. The quantitative estimate of drug-likeness (QED) is 0.474. The van der Waals surface area contributed by atoms with Crippen molar-refractivity contribution in [1.82, 2.24) is 0 Å². The van der Waals surface area contributed by atoms with E-state index in [9.17, 15) is 10.2 Å². The summed E-state index contributed by atoms with van der Waals surface area (Å²) < 4.78 is 13.0. The lowest BCUT2D eigenvalue weighted by atomic mass is 9.37. The molecular weight excluding hydrogens is 460 g/mol. The summed E-state index contributed by atoms with van der Waals surface area (Å²) in [7, 11) is 0. The van der Waals surface area contributed by atoms with Gasteiger partial charge in [-0.05, 0) is 97.6 Å². The zero-order chi connectivity index (χ0) is 26.0. The van der Waals surface area contributed by atoms with Crippen LogP contribution >= 0.6 is 0 Å². The summed E-state index contributed by atoms with van der Waals surface area (Å²) in [5, 5.41) is 24.0. The molecule has 2 N–H and O–H groups in total. The molecule has 5 aliphatic carbocycles. The van der Waals surface area contributed by atoms with Crippen LogP contribution in [0.2, 0.25) is 0 Å². The van der Waals surface area contributed by atoms with Crippen LogP contribution in [0.15, 0.2) is 24.8 Å². The first-order valence-corrected chi connectivity index (χ1v) is 14.9. The third kappa shape index (κ3) is 3.28. The van der Waals surface area contributed by atoms with E-state index in [0.29, 0.717) is 43.3 Å². The van der Waals surface area contributed by atoms with E-state index >= 15 is 0 Å². The van der Waals surface area contributed by atoms with Crippen LogP contribution in [0.3, 0.4) is 0 Å². The molecule has 202 valence electrons. The lowest BCUT2D eigenvalue weighted by Crippen LogP contribution is -2.70. The van der Waals surface area contributed by atoms with Gasteiger partial charge >= 0.3 is 0 Å². The highest BCUT2D eigenvalue weighted by Gasteiger charge is 2.72. The molecule has 8 atom stereocenters. The molecule has 1 heterocycles. The first-order valence-electron chi connectivity index (χ1n) is 14.9. The zero-order valence-electron chi connectivity index (χ0n) is 23.3. The number of ether oxygens (including phenoxy) is 2. The van der Waals surface area contributed by atoms with Crippen molar-refractivity contribution in [1.29, 1.82) is 0 Å². The van der Waals surface area contributed by atoms with Crippen molar-refractivity contribution in [2.24, 2.45) is 34.0 Å². The molecule has 0 aromatic heterocycles. The molecule has 0 amide bonds. The highest BCUT2D eigenvalue weighted by Crippen LogP contribution is 2.74. The number of fused-ring (bicyclic) bond motifs is 4. The molecule has 0 bridgehead atoms. The van der Waals surface area contributed by atoms with Crippen LogP contribution in [0.5, 0.6) is 0 Å². The Balaban J connectivity index is 1.35. The van der Waals surface area contributed by atoms with Crippen molar-refractivity contribution in [2.75, 3.05) is 13.2 Å². The van der Waals surface area contributed by atoms with Gasteiger partial charge in [0, 0.05) is 23.7 Å². The van der Waals surface area contributed by atoms with Crippen LogP contribution in [0.1, 0.15) is 102 Å². The molecule has 0 radical (unpaired) electrons.